The lowest BCUT2D eigenvalue weighted by atomic mass is 10.2. The zero-order valence-electron chi connectivity index (χ0n) is 15.9. The van der Waals surface area contributed by atoms with Gasteiger partial charge in [0.15, 0.2) is 9.84 Å². The Bertz CT molecular complexity index is 1110. The quantitative estimate of drug-likeness (QED) is 0.522. The molecule has 0 unspecified atom stereocenters. The molecule has 1 amide bonds. The number of rotatable bonds is 7. The van der Waals surface area contributed by atoms with Crippen LogP contribution in [0.1, 0.15) is 23.7 Å². The van der Waals surface area contributed by atoms with Crippen LogP contribution in [0.3, 0.4) is 0 Å². The molecule has 0 spiro atoms. The first kappa shape index (κ1) is 20.4. The average molecular weight is 407 g/mol. The molecule has 29 heavy (non-hydrogen) atoms. The largest absolute Gasteiger partial charge is 0.322 e. The topological polar surface area (TPSA) is 88.0 Å². The lowest BCUT2D eigenvalue weighted by Crippen LogP contribution is -2.17. The molecule has 6 nitrogen and oxygen atoms in total. The number of benzene rings is 3. The van der Waals surface area contributed by atoms with Crippen LogP contribution in [0, 0.1) is 0 Å². The summed E-state index contributed by atoms with van der Waals surface area (Å²) in [5.41, 5.74) is 2.05. The highest BCUT2D eigenvalue weighted by atomic mass is 32.2. The lowest BCUT2D eigenvalue weighted by Gasteiger charge is -2.10. The molecular weight excluding hydrogens is 386 g/mol. The SMILES string of the molecule is CCCS(=O)(=O)c1ccccc1C(=O)Nc1ccc(N=Nc2ccccc2)cc1. The minimum absolute atomic E-state index is 0.00158. The minimum atomic E-state index is -3.51. The Morgan fingerprint density at radius 1 is 0.828 bits per heavy atom. The lowest BCUT2D eigenvalue weighted by molar-refractivity contribution is 0.102. The molecule has 0 aromatic heterocycles. The van der Waals surface area contributed by atoms with Gasteiger partial charge < -0.3 is 5.32 Å². The van der Waals surface area contributed by atoms with Gasteiger partial charge >= 0.3 is 0 Å². The van der Waals surface area contributed by atoms with Gasteiger partial charge in [-0.2, -0.15) is 10.2 Å². The summed E-state index contributed by atoms with van der Waals surface area (Å²) < 4.78 is 24.9. The maximum absolute atomic E-state index is 12.7. The third kappa shape index (κ3) is 5.36. The van der Waals surface area contributed by atoms with Crippen molar-refractivity contribution in [1.29, 1.82) is 0 Å². The highest BCUT2D eigenvalue weighted by Gasteiger charge is 2.21. The molecular formula is C22H21N3O3S. The third-order valence-electron chi connectivity index (χ3n) is 4.10. The van der Waals surface area contributed by atoms with Crippen molar-refractivity contribution < 1.29 is 13.2 Å². The smallest absolute Gasteiger partial charge is 0.256 e. The van der Waals surface area contributed by atoms with E-state index >= 15 is 0 Å². The number of carbonyl (C=O) groups excluding carboxylic acids is 1. The third-order valence-corrected chi connectivity index (χ3v) is 6.07. The van der Waals surface area contributed by atoms with Crippen LogP contribution in [0.15, 0.2) is 94.0 Å². The fraction of sp³-hybridized carbons (Fsp3) is 0.136. The molecule has 1 N–H and O–H groups in total. The predicted octanol–water partition coefficient (Wildman–Crippen LogP) is 5.54. The molecule has 0 heterocycles. The molecule has 3 aromatic rings. The Balaban J connectivity index is 1.74. The van der Waals surface area contributed by atoms with E-state index in [-0.39, 0.29) is 16.2 Å². The first-order valence-electron chi connectivity index (χ1n) is 9.19. The Hall–Kier alpha value is -3.32. The van der Waals surface area contributed by atoms with E-state index in [0.29, 0.717) is 17.8 Å². The van der Waals surface area contributed by atoms with Gasteiger partial charge in [-0.05, 0) is 55.0 Å². The van der Waals surface area contributed by atoms with E-state index in [0.717, 1.165) is 5.69 Å². The van der Waals surface area contributed by atoms with Crippen LogP contribution in [0.4, 0.5) is 17.1 Å². The van der Waals surface area contributed by atoms with E-state index in [9.17, 15) is 13.2 Å². The molecule has 3 rings (SSSR count). The molecule has 0 saturated heterocycles. The summed E-state index contributed by atoms with van der Waals surface area (Å²) in [7, 11) is -3.51. The summed E-state index contributed by atoms with van der Waals surface area (Å²) in [5, 5.41) is 11.0. The molecule has 7 heteroatoms. The number of hydrogen-bond donors (Lipinski definition) is 1. The van der Waals surface area contributed by atoms with Crippen molar-refractivity contribution in [1.82, 2.24) is 0 Å². The van der Waals surface area contributed by atoms with Gasteiger partial charge in [-0.25, -0.2) is 8.42 Å². The zero-order chi connectivity index (χ0) is 20.7. The number of azo groups is 1. The molecule has 0 aliphatic rings. The second-order valence-corrected chi connectivity index (χ2v) is 8.43. The van der Waals surface area contributed by atoms with Crippen LogP contribution in [0.25, 0.3) is 0 Å². The van der Waals surface area contributed by atoms with Gasteiger partial charge in [-0.15, -0.1) is 0 Å². The fourth-order valence-electron chi connectivity index (χ4n) is 2.72. The average Bonchev–Trinajstić information content (AvgIpc) is 2.74. The van der Waals surface area contributed by atoms with Crippen molar-refractivity contribution in [2.24, 2.45) is 10.2 Å². The van der Waals surface area contributed by atoms with Crippen LogP contribution >= 0.6 is 0 Å². The van der Waals surface area contributed by atoms with Crippen LogP contribution in [-0.4, -0.2) is 20.1 Å². The number of anilines is 1. The summed E-state index contributed by atoms with van der Waals surface area (Å²) in [6.07, 6.45) is 0.483. The van der Waals surface area contributed by atoms with Gasteiger partial charge in [-0.1, -0.05) is 37.3 Å². The maximum atomic E-state index is 12.7. The van der Waals surface area contributed by atoms with Crippen molar-refractivity contribution in [3.8, 4) is 0 Å². The van der Waals surface area contributed by atoms with Crippen LogP contribution < -0.4 is 5.32 Å². The molecule has 0 atom stereocenters. The fourth-order valence-corrected chi connectivity index (χ4v) is 4.26. The van der Waals surface area contributed by atoms with Crippen molar-refractivity contribution in [3.63, 3.8) is 0 Å². The number of sulfone groups is 1. The number of nitrogens with zero attached hydrogens (tertiary/aromatic N) is 2. The van der Waals surface area contributed by atoms with E-state index < -0.39 is 15.7 Å². The van der Waals surface area contributed by atoms with E-state index in [1.54, 1.807) is 43.3 Å². The Morgan fingerprint density at radius 2 is 1.41 bits per heavy atom. The second-order valence-electron chi connectivity index (χ2n) is 6.35. The van der Waals surface area contributed by atoms with Crippen molar-refractivity contribution in [2.45, 2.75) is 18.2 Å². The first-order chi connectivity index (χ1) is 14.0. The Morgan fingerprint density at radius 3 is 2.07 bits per heavy atom. The van der Waals surface area contributed by atoms with E-state index in [2.05, 4.69) is 15.5 Å². The van der Waals surface area contributed by atoms with Gasteiger partial charge in [0.1, 0.15) is 0 Å². The summed E-state index contributed by atoms with van der Waals surface area (Å²) in [6, 6.07) is 22.4. The van der Waals surface area contributed by atoms with E-state index in [1.807, 2.05) is 30.3 Å². The highest BCUT2D eigenvalue weighted by Crippen LogP contribution is 2.22. The zero-order valence-corrected chi connectivity index (χ0v) is 16.8. The summed E-state index contributed by atoms with van der Waals surface area (Å²) >= 11 is 0. The second kappa shape index (κ2) is 9.25. The van der Waals surface area contributed by atoms with Gasteiger partial charge in [0.25, 0.3) is 5.91 Å². The van der Waals surface area contributed by atoms with Crippen molar-refractivity contribution >= 4 is 32.8 Å². The van der Waals surface area contributed by atoms with Crippen molar-refractivity contribution in [2.75, 3.05) is 11.1 Å². The molecule has 0 fully saturated rings. The van der Waals surface area contributed by atoms with Crippen molar-refractivity contribution in [3.05, 3.63) is 84.4 Å². The van der Waals surface area contributed by atoms with Gasteiger partial charge in [-0.3, -0.25) is 4.79 Å². The first-order valence-corrected chi connectivity index (χ1v) is 10.8. The minimum Gasteiger partial charge on any atom is -0.322 e. The standard InChI is InChI=1S/C22H21N3O3S/c1-2-16-29(27,28)21-11-7-6-10-20(21)22(26)23-17-12-14-19(15-13-17)25-24-18-8-4-3-5-9-18/h3-15H,2,16H2,1H3,(H,23,26). The van der Waals surface area contributed by atoms with Crippen LogP contribution in [-0.2, 0) is 9.84 Å². The molecule has 0 saturated carbocycles. The monoisotopic (exact) mass is 407 g/mol. The molecule has 0 bridgehead atoms. The van der Waals surface area contributed by atoms with E-state index in [4.69, 9.17) is 0 Å². The molecule has 0 aliphatic carbocycles. The van der Waals surface area contributed by atoms with Crippen LogP contribution in [0.5, 0.6) is 0 Å². The summed E-state index contributed by atoms with van der Waals surface area (Å²) in [6.45, 7) is 1.79. The van der Waals surface area contributed by atoms with Gasteiger partial charge in [0.2, 0.25) is 0 Å². The Kier molecular flexibility index (Phi) is 6.51. The number of carbonyl (C=O) groups is 1. The highest BCUT2D eigenvalue weighted by molar-refractivity contribution is 7.91. The summed E-state index contributed by atoms with van der Waals surface area (Å²) in [4.78, 5) is 12.7. The van der Waals surface area contributed by atoms with Gasteiger partial charge in [0, 0.05) is 5.69 Å². The number of amides is 1. The van der Waals surface area contributed by atoms with Gasteiger partial charge in [0.05, 0.1) is 27.6 Å². The Labute approximate surface area is 170 Å². The maximum Gasteiger partial charge on any atom is 0.256 e. The predicted molar refractivity (Wildman–Crippen MR) is 114 cm³/mol. The molecule has 0 radical (unpaired) electrons. The molecule has 148 valence electrons. The van der Waals surface area contributed by atoms with E-state index in [1.165, 1.54) is 12.1 Å². The summed E-state index contributed by atoms with van der Waals surface area (Å²) in [5.74, 6) is -0.475. The molecule has 0 aliphatic heterocycles. The van der Waals surface area contributed by atoms with Crippen LogP contribution in [0.2, 0.25) is 0 Å². The molecule has 3 aromatic carbocycles. The normalized spacial score (nSPS) is 11.5. The number of nitrogens with one attached hydrogen (secondary N) is 1. The number of hydrogen-bond acceptors (Lipinski definition) is 5.